The average molecular weight is 415 g/mol. The number of allylic oxidation sites excluding steroid dienone is 2. The Balaban J connectivity index is 1.53. The van der Waals surface area contributed by atoms with Crippen LogP contribution in [0, 0.1) is 34.5 Å². The third-order valence-electron chi connectivity index (χ3n) is 9.97. The van der Waals surface area contributed by atoms with Gasteiger partial charge in [0.2, 0.25) is 5.78 Å². The van der Waals surface area contributed by atoms with Crippen molar-refractivity contribution >= 4 is 5.78 Å². The Kier molecular flexibility index (Phi) is 3.76. The summed E-state index contributed by atoms with van der Waals surface area (Å²) in [6, 6.07) is 0. The Bertz CT molecular complexity index is 901. The highest BCUT2D eigenvalue weighted by atomic mass is 16.7. The molecule has 6 aliphatic rings. The second kappa shape index (κ2) is 5.79. The Morgan fingerprint density at radius 2 is 1.90 bits per heavy atom. The molecule has 4 fully saturated rings. The van der Waals surface area contributed by atoms with E-state index in [0.29, 0.717) is 18.3 Å². The zero-order valence-electron chi connectivity index (χ0n) is 18.5. The van der Waals surface area contributed by atoms with Crippen LogP contribution in [0.25, 0.3) is 0 Å². The molecule has 5 heteroatoms. The molecule has 6 rings (SSSR count). The van der Waals surface area contributed by atoms with E-state index in [1.54, 1.807) is 11.1 Å². The molecule has 0 radical (unpaired) electrons. The Labute approximate surface area is 178 Å². The van der Waals surface area contributed by atoms with Gasteiger partial charge < -0.3 is 19.7 Å². The van der Waals surface area contributed by atoms with Gasteiger partial charge in [0, 0.05) is 11.3 Å². The normalized spacial score (nSPS) is 51.9. The molecule has 0 amide bonds. The molecule has 8 unspecified atom stereocenters. The number of ketones is 1. The number of ether oxygens (including phenoxy) is 2. The molecule has 2 saturated carbocycles. The summed E-state index contributed by atoms with van der Waals surface area (Å²) >= 11 is 0. The molecule has 0 aromatic rings. The van der Waals surface area contributed by atoms with Crippen molar-refractivity contribution < 1.29 is 24.5 Å². The van der Waals surface area contributed by atoms with E-state index in [1.165, 1.54) is 12.8 Å². The van der Waals surface area contributed by atoms with Gasteiger partial charge in [-0.3, -0.25) is 4.79 Å². The maximum Gasteiger partial charge on any atom is 0.231 e. The zero-order chi connectivity index (χ0) is 21.2. The van der Waals surface area contributed by atoms with Crippen LogP contribution in [0.15, 0.2) is 22.5 Å². The van der Waals surface area contributed by atoms with E-state index in [2.05, 4.69) is 27.7 Å². The summed E-state index contributed by atoms with van der Waals surface area (Å²) in [6.07, 6.45) is 5.60. The maximum absolute atomic E-state index is 12.9. The monoisotopic (exact) mass is 414 g/mol. The molecule has 8 atom stereocenters. The van der Waals surface area contributed by atoms with Crippen LogP contribution in [0.4, 0.5) is 0 Å². The van der Waals surface area contributed by atoms with E-state index in [4.69, 9.17) is 9.47 Å². The molecule has 164 valence electrons. The number of aliphatic hydroxyl groups excluding tert-OH is 1. The smallest absolute Gasteiger partial charge is 0.231 e. The summed E-state index contributed by atoms with van der Waals surface area (Å²) in [4.78, 5) is 12.9. The van der Waals surface area contributed by atoms with Crippen molar-refractivity contribution in [2.75, 3.05) is 6.61 Å². The molecule has 4 aliphatic carbocycles. The van der Waals surface area contributed by atoms with Gasteiger partial charge in [-0.2, -0.15) is 0 Å². The third kappa shape index (κ3) is 2.08. The molecule has 2 saturated heterocycles. The van der Waals surface area contributed by atoms with Crippen molar-refractivity contribution in [1.29, 1.82) is 0 Å². The van der Waals surface area contributed by atoms with Crippen LogP contribution in [-0.4, -0.2) is 40.6 Å². The maximum atomic E-state index is 12.9. The number of hydrogen-bond acceptors (Lipinski definition) is 5. The molecule has 0 aromatic carbocycles. The molecular weight excluding hydrogens is 380 g/mol. The van der Waals surface area contributed by atoms with Crippen molar-refractivity contribution in [1.82, 2.24) is 0 Å². The predicted molar refractivity (Wildman–Crippen MR) is 110 cm³/mol. The molecule has 0 aromatic heterocycles. The summed E-state index contributed by atoms with van der Waals surface area (Å²) in [5.41, 5.74) is 2.62. The van der Waals surface area contributed by atoms with Gasteiger partial charge in [0.1, 0.15) is 0 Å². The molecule has 0 bridgehead atoms. The van der Waals surface area contributed by atoms with Crippen LogP contribution < -0.4 is 0 Å². The number of aliphatic hydroxyl groups is 2. The van der Waals surface area contributed by atoms with Crippen molar-refractivity contribution in [3.63, 3.8) is 0 Å². The molecule has 2 heterocycles. The largest absolute Gasteiger partial charge is 0.504 e. The Morgan fingerprint density at radius 3 is 2.63 bits per heavy atom. The highest BCUT2D eigenvalue weighted by Crippen LogP contribution is 2.68. The number of Topliss-reactive ketones (excluding diaryl/α,β-unsaturated/α-hetero) is 1. The van der Waals surface area contributed by atoms with E-state index in [-0.39, 0.29) is 35.2 Å². The summed E-state index contributed by atoms with van der Waals surface area (Å²) in [7, 11) is 0. The fourth-order valence-corrected chi connectivity index (χ4v) is 8.35. The van der Waals surface area contributed by atoms with Gasteiger partial charge in [-0.15, -0.1) is 0 Å². The van der Waals surface area contributed by atoms with Crippen LogP contribution in [0.1, 0.15) is 66.2 Å². The van der Waals surface area contributed by atoms with E-state index in [0.717, 1.165) is 24.8 Å². The number of rotatable bonds is 1. The van der Waals surface area contributed by atoms with Crippen molar-refractivity contribution in [2.24, 2.45) is 34.5 Å². The summed E-state index contributed by atoms with van der Waals surface area (Å²) in [6.45, 7) is 9.35. The first-order chi connectivity index (χ1) is 14.1. The highest BCUT2D eigenvalue weighted by molar-refractivity contribution is 6.02. The molecule has 0 spiro atoms. The lowest BCUT2D eigenvalue weighted by Gasteiger charge is -2.53. The van der Waals surface area contributed by atoms with Gasteiger partial charge in [0.05, 0.1) is 18.6 Å². The van der Waals surface area contributed by atoms with Crippen LogP contribution in [0.5, 0.6) is 0 Å². The fraction of sp³-hybridized carbons (Fsp3) is 0.800. The number of carbonyl (C=O) groups excluding carboxylic acids is 1. The minimum absolute atomic E-state index is 0.0808. The second-order valence-corrected chi connectivity index (χ2v) is 11.7. The van der Waals surface area contributed by atoms with Gasteiger partial charge in [-0.1, -0.05) is 38.8 Å². The first-order valence-electron chi connectivity index (χ1n) is 11.8. The Hall–Kier alpha value is -1.17. The van der Waals surface area contributed by atoms with Gasteiger partial charge in [0.25, 0.3) is 0 Å². The third-order valence-corrected chi connectivity index (χ3v) is 9.97. The van der Waals surface area contributed by atoms with Crippen molar-refractivity contribution in [3.05, 3.63) is 22.5 Å². The number of fused-ring (bicyclic) bond motifs is 4. The van der Waals surface area contributed by atoms with Crippen LogP contribution in [0.2, 0.25) is 0 Å². The average Bonchev–Trinajstić information content (AvgIpc) is 3.33. The number of hydrogen-bond donors (Lipinski definition) is 2. The van der Waals surface area contributed by atoms with Gasteiger partial charge >= 0.3 is 0 Å². The standard InChI is InChI=1S/C25H34O5/c1-12(2)13-7-8-23(3)9-10-24(4)15(17(13)23)6-5-14-16-18-22(30-21(16)24)29-11-25(18,28)20(27)19(14)26/h12,15-16,18,21-22,26,28H,5-11H2,1-4H3. The zero-order valence-corrected chi connectivity index (χ0v) is 18.5. The summed E-state index contributed by atoms with van der Waals surface area (Å²) < 4.78 is 12.4. The quantitative estimate of drug-likeness (QED) is 0.633. The van der Waals surface area contributed by atoms with E-state index in [9.17, 15) is 15.0 Å². The van der Waals surface area contributed by atoms with Gasteiger partial charge in [-0.25, -0.2) is 0 Å². The van der Waals surface area contributed by atoms with E-state index in [1.807, 2.05) is 0 Å². The van der Waals surface area contributed by atoms with Crippen LogP contribution in [0.3, 0.4) is 0 Å². The lowest BCUT2D eigenvalue weighted by molar-refractivity contribution is -0.163. The lowest BCUT2D eigenvalue weighted by atomic mass is 9.53. The van der Waals surface area contributed by atoms with Crippen molar-refractivity contribution in [3.8, 4) is 0 Å². The topological polar surface area (TPSA) is 76.0 Å². The van der Waals surface area contributed by atoms with Crippen molar-refractivity contribution in [2.45, 2.75) is 84.2 Å². The summed E-state index contributed by atoms with van der Waals surface area (Å²) in [5.74, 6) is -0.382. The molecule has 30 heavy (non-hydrogen) atoms. The molecule has 5 nitrogen and oxygen atoms in total. The molecule has 2 aliphatic heterocycles. The highest BCUT2D eigenvalue weighted by Gasteiger charge is 2.71. The minimum Gasteiger partial charge on any atom is -0.504 e. The predicted octanol–water partition coefficient (Wildman–Crippen LogP) is 4.06. The first-order valence-corrected chi connectivity index (χ1v) is 11.8. The fourth-order valence-electron chi connectivity index (χ4n) is 8.35. The summed E-state index contributed by atoms with van der Waals surface area (Å²) in [5, 5.41) is 22.1. The number of carbonyl (C=O) groups is 1. The van der Waals surface area contributed by atoms with Crippen LogP contribution in [-0.2, 0) is 14.3 Å². The van der Waals surface area contributed by atoms with Crippen LogP contribution >= 0.6 is 0 Å². The minimum atomic E-state index is -1.65. The van der Waals surface area contributed by atoms with Gasteiger partial charge in [-0.05, 0) is 61.3 Å². The molecule has 2 N–H and O–H groups in total. The molecular formula is C25H34O5. The Morgan fingerprint density at radius 1 is 1.13 bits per heavy atom. The van der Waals surface area contributed by atoms with E-state index < -0.39 is 23.6 Å². The SMILES string of the molecule is CC(C)C1=C2C3CCC4=C(O)C(=O)C5(O)COC6OC(C4C65)C3(C)CCC2(C)CC1. The first kappa shape index (κ1) is 19.5. The van der Waals surface area contributed by atoms with Gasteiger partial charge in [0.15, 0.2) is 17.7 Å². The lowest BCUT2D eigenvalue weighted by Crippen LogP contribution is -2.55. The second-order valence-electron chi connectivity index (χ2n) is 11.7. The van der Waals surface area contributed by atoms with E-state index >= 15 is 0 Å².